The number of anilines is 7. The number of morpholine rings is 4. The number of halogens is 2. The van der Waals surface area contributed by atoms with Crippen LogP contribution >= 0.6 is 68.5 Å². The summed E-state index contributed by atoms with van der Waals surface area (Å²) in [4.78, 5) is 137. The van der Waals surface area contributed by atoms with Crippen molar-refractivity contribution in [1.29, 1.82) is 0 Å². The van der Waals surface area contributed by atoms with Gasteiger partial charge in [-0.1, -0.05) is 31.7 Å². The molecule has 7 fully saturated rings. The van der Waals surface area contributed by atoms with Crippen LogP contribution in [-0.4, -0.2) is 336 Å². The topological polar surface area (TPSA) is 472 Å². The monoisotopic (exact) mass is 1990 g/mol. The number of H-pyrrole nitrogens is 2. The van der Waals surface area contributed by atoms with Gasteiger partial charge in [0, 0.05) is 224 Å². The van der Waals surface area contributed by atoms with E-state index in [0.717, 1.165) is 254 Å². The molecular formula is C90H102Cl2N30O12S4. The van der Waals surface area contributed by atoms with Crippen molar-refractivity contribution in [2.75, 3.05) is 231 Å². The number of benzene rings is 2. The predicted octanol–water partition coefficient (Wildman–Crippen LogP) is 10.1. The molecule has 1 amide bonds. The van der Waals surface area contributed by atoms with Crippen molar-refractivity contribution in [3.8, 4) is 22.8 Å². The summed E-state index contributed by atoms with van der Waals surface area (Å²) in [5, 5.41) is 32.3. The molecule has 0 spiro atoms. The first-order chi connectivity index (χ1) is 67.2. The summed E-state index contributed by atoms with van der Waals surface area (Å²) in [6.07, 6.45) is 13.5. The summed E-state index contributed by atoms with van der Waals surface area (Å²) in [7, 11) is 0. The average molecular weight is 2000 g/mol. The maximum absolute atomic E-state index is 11.9. The zero-order chi connectivity index (χ0) is 94.3. The van der Waals surface area contributed by atoms with Crippen molar-refractivity contribution < 1.29 is 58.0 Å². The summed E-state index contributed by atoms with van der Waals surface area (Å²) in [5.74, 6) is 8.97. The lowest BCUT2D eigenvalue weighted by molar-refractivity contribution is 0.0515. The smallest absolute Gasteiger partial charge is 0.341 e. The Morgan fingerprint density at radius 2 is 0.739 bits per heavy atom. The SMILES string of the molecule is C.CCOC(=O)c1cnc(N2CCN(Cc3cc4nc(-c5cccc6[nH]ncc56)nc(N5CCOCC5)c4s3)CC2)nc1.CCOC(=O)c1cnc(N2CCN(Cc3cc4nc(Cl)nc(N5CCOCC5)c4s3)CC2)nc1.NO.O=C(NO)c1cnc(N2CCN(Cc3cc4nc(-c5cccc6[nH]ncc56)nc(N5CCOCC5)c4s3)CC2)nc1.O=Cc1cc2nc(Cl)nc(N3CCOCC3)c2s1. The normalized spacial score (nSPS) is 16.3. The Morgan fingerprint density at radius 3 is 1.07 bits per heavy atom. The number of thiophene rings is 4. The number of carbonyl (C=O) groups is 4. The first-order valence-electron chi connectivity index (χ1n) is 44.8. The van der Waals surface area contributed by atoms with Gasteiger partial charge in [-0.15, -0.1) is 45.3 Å². The number of hydrogen-bond acceptors (Lipinski definition) is 43. The summed E-state index contributed by atoms with van der Waals surface area (Å²) < 4.78 is 36.3. The molecule has 0 aliphatic carbocycles. The zero-order valence-electron chi connectivity index (χ0n) is 74.9. The number of amides is 1. The van der Waals surface area contributed by atoms with Crippen molar-refractivity contribution in [2.24, 2.45) is 5.90 Å². The van der Waals surface area contributed by atoms with Crippen LogP contribution in [0.15, 0.2) is 110 Å². The van der Waals surface area contributed by atoms with Crippen molar-refractivity contribution in [3.63, 3.8) is 0 Å². The van der Waals surface area contributed by atoms with E-state index in [0.29, 0.717) is 112 Å². The molecule has 7 saturated heterocycles. The van der Waals surface area contributed by atoms with Crippen LogP contribution in [0.5, 0.6) is 0 Å². The first-order valence-corrected chi connectivity index (χ1v) is 48.8. The fourth-order valence-electron chi connectivity index (χ4n) is 16.8. The minimum Gasteiger partial charge on any atom is -0.462 e. The molecule has 7 N–H and O–H groups in total. The Morgan fingerprint density at radius 1 is 0.420 bits per heavy atom. The number of fused-ring (bicyclic) bond motifs is 6. The van der Waals surface area contributed by atoms with E-state index in [1.165, 1.54) is 63.1 Å². The fourth-order valence-corrected chi connectivity index (χ4v) is 21.6. The van der Waals surface area contributed by atoms with Gasteiger partial charge >= 0.3 is 11.9 Å². The van der Waals surface area contributed by atoms with E-state index in [4.69, 9.17) is 82.0 Å². The maximum atomic E-state index is 11.9. The van der Waals surface area contributed by atoms with Crippen LogP contribution in [0.25, 0.3) is 85.4 Å². The van der Waals surface area contributed by atoms with Gasteiger partial charge in [-0.25, -0.2) is 80.8 Å². The van der Waals surface area contributed by atoms with E-state index in [2.05, 4.69) is 149 Å². The van der Waals surface area contributed by atoms with Crippen LogP contribution in [0.3, 0.4) is 0 Å². The molecule has 0 radical (unpaired) electrons. The number of aldehydes is 1. The molecule has 15 aromatic rings. The van der Waals surface area contributed by atoms with Crippen LogP contribution in [0.4, 0.5) is 41.1 Å². The Hall–Kier alpha value is -12.4. The summed E-state index contributed by atoms with van der Waals surface area (Å²) in [5.41, 5.74) is 9.96. The molecule has 42 nitrogen and oxygen atoms in total. The summed E-state index contributed by atoms with van der Waals surface area (Å²) >= 11 is 18.8. The number of rotatable bonds is 21. The standard InChI is InChI=1S/C29H31N9O3S.C27H28N10O3S.C22H26ClN7O3S.C11H10ClN3O2S.CH4.H3NO/c1-2-41-28(39)19-15-30-29(31-16-19)38-8-6-36(7-9-38)18-20-14-24-25(42-20)27(37-10-12-40-13-11-37)34-26(33-24)21-4-3-5-23-22(21)17-32-35-23;38-26(34-39)17-13-28-27(29-14-17)37-6-4-35(5-7-37)16-18-12-22-23(41-18)25(36-8-10-40-11-9-36)32-24(31-22)19-2-1-3-21-20(19)15-30-33-21;1-2-33-20(31)15-12-24-22(25-13-15)30-5-3-28(4-6-30)14-16-11-17-18(34-16)19(27-21(23)26-17)29-7-9-32-10-8-29;12-11-13-8-5-7(6-16)18-9(8)10(14-11)15-1-3-17-4-2-15;;1-2/h3-5,14-17H,2,6-13,18H2,1H3,(H,32,35);1-3,12-15,39H,4-11,16H2,(H,30,33)(H,34,38);11-13H,2-10,14H2,1H3;5-6H,1-4H2;1H4;2H,1H2. The molecule has 48 heteroatoms. The molecule has 7 aliphatic rings. The minimum absolute atomic E-state index is 0. The van der Waals surface area contributed by atoms with E-state index >= 15 is 0 Å². The van der Waals surface area contributed by atoms with E-state index in [1.54, 1.807) is 59.4 Å². The second-order valence-electron chi connectivity index (χ2n) is 32.3. The number of carbonyl (C=O) groups excluding carboxylic acids is 4. The summed E-state index contributed by atoms with van der Waals surface area (Å²) in [6.45, 7) is 28.6. The number of aromatic amines is 2. The lowest BCUT2D eigenvalue weighted by Gasteiger charge is -2.34. The quantitative estimate of drug-likeness (QED) is 0.0128. The lowest BCUT2D eigenvalue weighted by Crippen LogP contribution is -2.46. The number of esters is 2. The van der Waals surface area contributed by atoms with Gasteiger partial charge < -0.3 is 67.9 Å². The van der Waals surface area contributed by atoms with Crippen molar-refractivity contribution in [1.82, 2.24) is 110 Å². The van der Waals surface area contributed by atoms with Gasteiger partial charge in [0.1, 0.15) is 0 Å². The van der Waals surface area contributed by atoms with Gasteiger partial charge in [0.25, 0.3) is 5.91 Å². The number of ether oxygens (including phenoxy) is 6. The fraction of sp³-hybridized carbons (Fsp3) is 0.400. The number of hydrogen-bond donors (Lipinski definition) is 6. The third-order valence-electron chi connectivity index (χ3n) is 23.7. The molecule has 22 rings (SSSR count). The molecule has 0 unspecified atom stereocenters. The second-order valence-corrected chi connectivity index (χ2v) is 37.5. The Balaban J connectivity index is 0.000000130. The zero-order valence-corrected chi connectivity index (χ0v) is 79.7. The Labute approximate surface area is 817 Å². The van der Waals surface area contributed by atoms with E-state index in [-0.39, 0.29) is 23.6 Å². The highest BCUT2D eigenvalue weighted by Gasteiger charge is 2.31. The van der Waals surface area contributed by atoms with E-state index in [1.807, 2.05) is 42.7 Å². The average Bonchev–Trinajstić information content (AvgIpc) is 1.40. The van der Waals surface area contributed by atoms with Crippen molar-refractivity contribution >= 4 is 196 Å². The van der Waals surface area contributed by atoms with Gasteiger partial charge in [0.15, 0.2) is 41.2 Å². The molecule has 0 saturated carbocycles. The molecule has 7 aliphatic heterocycles. The number of aromatic nitrogens is 18. The number of hydroxylamine groups is 1. The Bertz CT molecular complexity index is 6680. The molecule has 0 atom stereocenters. The number of nitrogens with one attached hydrogen (secondary N) is 3. The van der Waals surface area contributed by atoms with Crippen molar-refractivity contribution in [3.05, 3.63) is 157 Å². The van der Waals surface area contributed by atoms with Crippen LogP contribution in [0, 0.1) is 0 Å². The molecule has 13 aromatic heterocycles. The van der Waals surface area contributed by atoms with Crippen LogP contribution < -0.4 is 45.7 Å². The van der Waals surface area contributed by atoms with Gasteiger partial charge in [-0.05, 0) is 73.4 Å². The maximum Gasteiger partial charge on any atom is 0.341 e. The number of nitrogens with zero attached hydrogens (tertiary/aromatic N) is 26. The largest absolute Gasteiger partial charge is 0.462 e. The molecular weight excluding hydrogens is 1890 g/mol. The predicted molar refractivity (Wildman–Crippen MR) is 530 cm³/mol. The number of piperazine rings is 3. The second kappa shape index (κ2) is 45.9. The Kier molecular flexibility index (Phi) is 32.4. The number of nitrogens with two attached hydrogens (primary N) is 1. The van der Waals surface area contributed by atoms with Gasteiger partial charge in [0.05, 0.1) is 152 Å². The molecule has 722 valence electrons. The molecule has 138 heavy (non-hydrogen) atoms. The highest BCUT2D eigenvalue weighted by atomic mass is 35.5. The third kappa shape index (κ3) is 22.8. The van der Waals surface area contributed by atoms with Crippen LogP contribution in [0.2, 0.25) is 10.6 Å². The summed E-state index contributed by atoms with van der Waals surface area (Å²) in [6, 6.07) is 20.4. The van der Waals surface area contributed by atoms with Gasteiger partial charge in [-0.3, -0.25) is 39.7 Å². The molecule has 0 bridgehead atoms. The van der Waals surface area contributed by atoms with Crippen molar-refractivity contribution in [2.45, 2.75) is 40.9 Å². The van der Waals surface area contributed by atoms with Gasteiger partial charge in [-0.2, -0.15) is 20.2 Å². The highest BCUT2D eigenvalue weighted by molar-refractivity contribution is 7.21. The third-order valence-corrected chi connectivity index (χ3v) is 28.4. The highest BCUT2D eigenvalue weighted by Crippen LogP contribution is 2.41. The minimum atomic E-state index is -0.628. The van der Waals surface area contributed by atoms with Gasteiger partial charge in [0.2, 0.25) is 28.4 Å². The van der Waals surface area contributed by atoms with Crippen LogP contribution in [-0.2, 0) is 48.1 Å². The lowest BCUT2D eigenvalue weighted by atomic mass is 10.1. The van der Waals surface area contributed by atoms with E-state index < -0.39 is 17.8 Å². The molecule has 2 aromatic carbocycles. The molecule has 20 heterocycles. The van der Waals surface area contributed by atoms with E-state index in [9.17, 15) is 19.2 Å². The van der Waals surface area contributed by atoms with Crippen LogP contribution in [0.1, 0.15) is 76.7 Å². The first kappa shape index (κ1) is 97.3.